The SMILES string of the molecule is O=C1CCC(N2C(=O)c3cccc(NC(=O)CCOCCOCCOCCOCCNCc4cncc(-c5cnc(Cl)c(/C=C/c6ccc7ccccc7c6)c5)c4)c3C2=O)C(=O)N1. The molecule has 16 heteroatoms. The molecule has 1 fully saturated rings. The van der Waals surface area contributed by atoms with Crippen molar-refractivity contribution in [2.75, 3.05) is 64.7 Å². The number of anilines is 1. The van der Waals surface area contributed by atoms with Gasteiger partial charge in [-0.15, -0.1) is 0 Å². The fraction of sp³-hybridized carbons (Fsp3) is 0.298. The van der Waals surface area contributed by atoms with Crippen LogP contribution in [0.4, 0.5) is 5.69 Å². The molecule has 2 aromatic heterocycles. The molecule has 2 aliphatic rings. The highest BCUT2D eigenvalue weighted by atomic mass is 35.5. The fourth-order valence-electron chi connectivity index (χ4n) is 7.11. The van der Waals surface area contributed by atoms with Crippen LogP contribution >= 0.6 is 11.6 Å². The molecule has 3 aromatic carbocycles. The number of rotatable bonds is 22. The predicted octanol–water partition coefficient (Wildman–Crippen LogP) is 5.71. The number of pyridine rings is 2. The average Bonchev–Trinajstić information content (AvgIpc) is 3.54. The second-order valence-electron chi connectivity index (χ2n) is 14.7. The summed E-state index contributed by atoms with van der Waals surface area (Å²) in [5.74, 6) is -2.92. The summed E-state index contributed by atoms with van der Waals surface area (Å²) in [6, 6.07) is 22.1. The minimum Gasteiger partial charge on any atom is -0.379 e. The number of halogens is 1. The van der Waals surface area contributed by atoms with Crippen molar-refractivity contribution in [2.45, 2.75) is 31.8 Å². The van der Waals surface area contributed by atoms with Crippen LogP contribution in [0.1, 0.15) is 56.7 Å². The van der Waals surface area contributed by atoms with E-state index in [-0.39, 0.29) is 49.3 Å². The second-order valence-corrected chi connectivity index (χ2v) is 15.1. The molecule has 1 atom stereocenters. The molecule has 2 aliphatic heterocycles. The zero-order valence-electron chi connectivity index (χ0n) is 34.5. The van der Waals surface area contributed by atoms with Gasteiger partial charge in [-0.1, -0.05) is 66.2 Å². The smallest absolute Gasteiger partial charge is 0.264 e. The number of imide groups is 2. The Bertz CT molecular complexity index is 2500. The Morgan fingerprint density at radius 2 is 1.51 bits per heavy atom. The van der Waals surface area contributed by atoms with E-state index in [9.17, 15) is 24.0 Å². The number of nitrogens with zero attached hydrogens (tertiary/aromatic N) is 3. The number of amides is 5. The van der Waals surface area contributed by atoms with E-state index < -0.39 is 35.6 Å². The van der Waals surface area contributed by atoms with Crippen LogP contribution in [0.2, 0.25) is 5.15 Å². The summed E-state index contributed by atoms with van der Waals surface area (Å²) in [4.78, 5) is 72.5. The maximum Gasteiger partial charge on any atom is 0.264 e. The zero-order chi connectivity index (χ0) is 44.0. The first-order valence-corrected chi connectivity index (χ1v) is 21.1. The van der Waals surface area contributed by atoms with Crippen molar-refractivity contribution in [3.8, 4) is 11.1 Å². The molecule has 1 unspecified atom stereocenters. The van der Waals surface area contributed by atoms with Gasteiger partial charge in [-0.25, -0.2) is 4.98 Å². The normalized spacial score (nSPS) is 15.1. The lowest BCUT2D eigenvalue weighted by molar-refractivity contribution is -0.136. The average molecular weight is 875 g/mol. The lowest BCUT2D eigenvalue weighted by atomic mass is 10.0. The number of benzene rings is 3. The maximum atomic E-state index is 13.2. The molecule has 15 nitrogen and oxygen atoms in total. The molecule has 0 aliphatic carbocycles. The van der Waals surface area contributed by atoms with Gasteiger partial charge in [-0.2, -0.15) is 0 Å². The maximum absolute atomic E-state index is 13.2. The van der Waals surface area contributed by atoms with Gasteiger partial charge in [-0.05, 0) is 58.7 Å². The largest absolute Gasteiger partial charge is 0.379 e. The van der Waals surface area contributed by atoms with Gasteiger partial charge < -0.3 is 29.6 Å². The van der Waals surface area contributed by atoms with E-state index in [1.807, 2.05) is 42.7 Å². The minimum atomic E-state index is -1.10. The quantitative estimate of drug-likeness (QED) is 0.0438. The summed E-state index contributed by atoms with van der Waals surface area (Å²) in [7, 11) is 0. The fourth-order valence-corrected chi connectivity index (χ4v) is 7.28. The molecular weight excluding hydrogens is 828 g/mol. The Kier molecular flexibility index (Phi) is 15.8. The van der Waals surface area contributed by atoms with Crippen molar-refractivity contribution >= 4 is 69.7 Å². The number of carbonyl (C=O) groups is 5. The number of ether oxygens (including phenoxy) is 4. The Labute approximate surface area is 369 Å². The van der Waals surface area contributed by atoms with Gasteiger partial charge in [0.15, 0.2) is 0 Å². The number of hydrogen-bond donors (Lipinski definition) is 3. The van der Waals surface area contributed by atoms with Crippen LogP contribution in [0.15, 0.2) is 91.4 Å². The highest BCUT2D eigenvalue weighted by Crippen LogP contribution is 2.32. The van der Waals surface area contributed by atoms with Gasteiger partial charge in [0.2, 0.25) is 17.7 Å². The van der Waals surface area contributed by atoms with Crippen molar-refractivity contribution in [3.05, 3.63) is 124 Å². The first-order chi connectivity index (χ1) is 30.7. The number of nitrogens with one attached hydrogen (secondary N) is 3. The summed E-state index contributed by atoms with van der Waals surface area (Å²) >= 11 is 6.46. The Balaban J connectivity index is 0.706. The van der Waals surface area contributed by atoms with Gasteiger partial charge in [0.05, 0.1) is 76.1 Å². The number of aromatic nitrogens is 2. The van der Waals surface area contributed by atoms with Crippen LogP contribution in [-0.2, 0) is 39.9 Å². The zero-order valence-corrected chi connectivity index (χ0v) is 35.2. The summed E-state index contributed by atoms with van der Waals surface area (Å²) < 4.78 is 22.3. The highest BCUT2D eigenvalue weighted by Gasteiger charge is 2.45. The third-order valence-electron chi connectivity index (χ3n) is 10.3. The second kappa shape index (κ2) is 22.2. The van der Waals surface area contributed by atoms with Crippen LogP contribution in [0.5, 0.6) is 0 Å². The van der Waals surface area contributed by atoms with E-state index in [2.05, 4.69) is 62.3 Å². The first-order valence-electron chi connectivity index (χ1n) is 20.7. The van der Waals surface area contributed by atoms with Crippen molar-refractivity contribution in [1.82, 2.24) is 25.5 Å². The van der Waals surface area contributed by atoms with Crippen LogP contribution in [0.3, 0.4) is 0 Å². The number of piperidine rings is 1. The van der Waals surface area contributed by atoms with Gasteiger partial charge in [0.25, 0.3) is 11.8 Å². The molecule has 7 rings (SSSR count). The molecule has 0 spiro atoms. The molecule has 3 N–H and O–H groups in total. The lowest BCUT2D eigenvalue weighted by Crippen LogP contribution is -2.54. The molecule has 4 heterocycles. The molecule has 326 valence electrons. The van der Waals surface area contributed by atoms with Crippen LogP contribution < -0.4 is 16.0 Å². The van der Waals surface area contributed by atoms with Gasteiger partial charge in [0, 0.05) is 54.8 Å². The lowest BCUT2D eigenvalue weighted by Gasteiger charge is -2.27. The van der Waals surface area contributed by atoms with E-state index in [0.29, 0.717) is 57.9 Å². The number of hydrogen-bond acceptors (Lipinski definition) is 12. The summed E-state index contributed by atoms with van der Waals surface area (Å²) in [5.41, 5.74) is 5.06. The monoisotopic (exact) mass is 874 g/mol. The molecule has 63 heavy (non-hydrogen) atoms. The highest BCUT2D eigenvalue weighted by molar-refractivity contribution is 6.31. The van der Waals surface area contributed by atoms with E-state index in [1.165, 1.54) is 22.9 Å². The van der Waals surface area contributed by atoms with Gasteiger partial charge in [-0.3, -0.25) is 39.2 Å². The third kappa shape index (κ3) is 12.0. The van der Waals surface area contributed by atoms with Gasteiger partial charge in [0.1, 0.15) is 11.2 Å². The molecule has 0 radical (unpaired) electrons. The topological polar surface area (TPSA) is 187 Å². The van der Waals surface area contributed by atoms with Crippen LogP contribution in [0, 0.1) is 0 Å². The Hall–Kier alpha value is -6.20. The molecule has 5 amide bonds. The van der Waals surface area contributed by atoms with E-state index >= 15 is 0 Å². The number of fused-ring (bicyclic) bond motifs is 2. The first kappa shape index (κ1) is 44.8. The van der Waals surface area contributed by atoms with E-state index in [0.717, 1.165) is 32.7 Å². The molecule has 0 bridgehead atoms. The molecule has 1 saturated heterocycles. The van der Waals surface area contributed by atoms with Crippen molar-refractivity contribution in [1.29, 1.82) is 0 Å². The summed E-state index contributed by atoms with van der Waals surface area (Å²) in [6.07, 6.45) is 9.48. The van der Waals surface area contributed by atoms with Crippen molar-refractivity contribution < 1.29 is 42.9 Å². The third-order valence-corrected chi connectivity index (χ3v) is 10.6. The summed E-state index contributed by atoms with van der Waals surface area (Å²) in [5, 5.41) is 11.0. The predicted molar refractivity (Wildman–Crippen MR) is 237 cm³/mol. The minimum absolute atomic E-state index is 0.00149. The van der Waals surface area contributed by atoms with Crippen molar-refractivity contribution in [3.63, 3.8) is 0 Å². The van der Waals surface area contributed by atoms with Crippen LogP contribution in [0.25, 0.3) is 34.1 Å². The molecule has 0 saturated carbocycles. The standard InChI is InChI=1S/C47H47ClN6O9/c48-44-35(11-9-31-8-10-33-4-1-2-5-34(33)24-31)26-37(30-51-44)36-25-32(28-50-29-36)27-49-15-17-61-19-21-63-23-22-62-20-18-60-16-14-42(56)52-39-7-3-6-38-43(39)47(59)54(46(38)58)40-12-13-41(55)53-45(40)57/h1-11,24-26,28-30,40,49H,12-23,27H2,(H,52,56)(H,53,55,57)/b11-9+. The molecular formula is C47H47ClN6O9. The Morgan fingerprint density at radius 1 is 0.778 bits per heavy atom. The Morgan fingerprint density at radius 3 is 2.29 bits per heavy atom. The van der Waals surface area contributed by atoms with E-state index in [1.54, 1.807) is 12.3 Å². The molecule has 5 aromatic rings. The summed E-state index contributed by atoms with van der Waals surface area (Å²) in [6.45, 7) is 4.12. The van der Waals surface area contributed by atoms with Crippen molar-refractivity contribution in [2.24, 2.45) is 0 Å². The van der Waals surface area contributed by atoms with E-state index in [4.69, 9.17) is 30.5 Å². The van der Waals surface area contributed by atoms with Gasteiger partial charge >= 0.3 is 0 Å². The number of carbonyl (C=O) groups excluding carboxylic acids is 5. The van der Waals surface area contributed by atoms with Crippen LogP contribution in [-0.4, -0.2) is 110 Å².